The third-order valence-electron chi connectivity index (χ3n) is 5.43. The highest BCUT2D eigenvalue weighted by Gasteiger charge is 2.26. The van der Waals surface area contributed by atoms with Crippen molar-refractivity contribution in [3.8, 4) is 0 Å². The number of benzene rings is 1. The lowest BCUT2D eigenvalue weighted by Gasteiger charge is -2.24. The number of H-pyrrole nitrogens is 2. The SMILES string of the molecule is CCCCn1c(N)c(N(Cc2ccco2)C(=O)Cc2c[nH]c3ccccc23)c(=O)[nH]c1=O. The summed E-state index contributed by atoms with van der Waals surface area (Å²) in [5, 5.41) is 0.925. The van der Waals surface area contributed by atoms with Gasteiger partial charge in [-0.1, -0.05) is 31.5 Å². The first kappa shape index (κ1) is 21.2. The minimum absolute atomic E-state index is 0.00739. The predicted molar refractivity (Wildman–Crippen MR) is 123 cm³/mol. The van der Waals surface area contributed by atoms with Gasteiger partial charge in [-0.05, 0) is 30.2 Å². The van der Waals surface area contributed by atoms with Gasteiger partial charge < -0.3 is 15.1 Å². The summed E-state index contributed by atoms with van der Waals surface area (Å²) in [5.74, 6) is 0.109. The van der Waals surface area contributed by atoms with Crippen molar-refractivity contribution < 1.29 is 9.21 Å². The zero-order chi connectivity index (χ0) is 22.7. The van der Waals surface area contributed by atoms with E-state index in [2.05, 4.69) is 9.97 Å². The maximum absolute atomic E-state index is 13.5. The Morgan fingerprint density at radius 2 is 2.00 bits per heavy atom. The highest BCUT2D eigenvalue weighted by Crippen LogP contribution is 2.24. The molecular weight excluding hydrogens is 410 g/mol. The number of amides is 1. The third kappa shape index (κ3) is 4.09. The van der Waals surface area contributed by atoms with Gasteiger partial charge in [-0.2, -0.15) is 0 Å². The molecule has 166 valence electrons. The van der Waals surface area contributed by atoms with Crippen LogP contribution in [0.4, 0.5) is 11.5 Å². The fourth-order valence-electron chi connectivity index (χ4n) is 3.76. The maximum Gasteiger partial charge on any atom is 0.330 e. The number of nitrogens with zero attached hydrogens (tertiary/aromatic N) is 2. The smallest absolute Gasteiger partial charge is 0.330 e. The monoisotopic (exact) mass is 435 g/mol. The van der Waals surface area contributed by atoms with Crippen LogP contribution < -0.4 is 21.9 Å². The second-order valence-corrected chi connectivity index (χ2v) is 7.59. The highest BCUT2D eigenvalue weighted by molar-refractivity contribution is 5.99. The van der Waals surface area contributed by atoms with Gasteiger partial charge in [0, 0.05) is 23.6 Å². The van der Waals surface area contributed by atoms with Crippen molar-refractivity contribution in [3.63, 3.8) is 0 Å². The molecule has 0 aliphatic rings. The molecule has 0 bridgehead atoms. The Bertz CT molecular complexity index is 1350. The van der Waals surface area contributed by atoms with Crippen LogP contribution in [0.5, 0.6) is 0 Å². The minimum Gasteiger partial charge on any atom is -0.467 e. The van der Waals surface area contributed by atoms with E-state index in [9.17, 15) is 14.4 Å². The Labute approximate surface area is 183 Å². The molecule has 0 fully saturated rings. The van der Waals surface area contributed by atoms with E-state index < -0.39 is 11.2 Å². The molecule has 9 heteroatoms. The molecule has 0 aliphatic heterocycles. The van der Waals surface area contributed by atoms with Crippen LogP contribution in [0.3, 0.4) is 0 Å². The molecule has 32 heavy (non-hydrogen) atoms. The van der Waals surface area contributed by atoms with Crippen LogP contribution in [-0.4, -0.2) is 20.4 Å². The summed E-state index contributed by atoms with van der Waals surface area (Å²) < 4.78 is 6.72. The van der Waals surface area contributed by atoms with Gasteiger partial charge in [0.05, 0.1) is 19.2 Å². The van der Waals surface area contributed by atoms with Crippen molar-refractivity contribution in [2.45, 2.75) is 39.3 Å². The van der Waals surface area contributed by atoms with E-state index in [1.807, 2.05) is 31.2 Å². The minimum atomic E-state index is -0.709. The number of nitrogen functional groups attached to an aromatic ring is 1. The fourth-order valence-corrected chi connectivity index (χ4v) is 3.76. The second kappa shape index (κ2) is 9.01. The molecule has 1 aromatic carbocycles. The number of fused-ring (bicyclic) bond motifs is 1. The number of carbonyl (C=O) groups is 1. The number of furan rings is 1. The van der Waals surface area contributed by atoms with Gasteiger partial charge in [-0.25, -0.2) is 4.79 Å². The summed E-state index contributed by atoms with van der Waals surface area (Å²) in [7, 11) is 0. The first-order valence-electron chi connectivity index (χ1n) is 10.5. The lowest BCUT2D eigenvalue weighted by molar-refractivity contribution is -0.118. The van der Waals surface area contributed by atoms with E-state index in [4.69, 9.17) is 10.2 Å². The van der Waals surface area contributed by atoms with Gasteiger partial charge in [0.2, 0.25) is 5.91 Å². The Hall–Kier alpha value is -4.01. The van der Waals surface area contributed by atoms with E-state index >= 15 is 0 Å². The summed E-state index contributed by atoms with van der Waals surface area (Å²) in [6.07, 6.45) is 4.86. The quantitative estimate of drug-likeness (QED) is 0.392. The van der Waals surface area contributed by atoms with E-state index in [1.165, 1.54) is 15.7 Å². The molecule has 3 aromatic heterocycles. The topological polar surface area (TPSA) is 130 Å². The van der Waals surface area contributed by atoms with Gasteiger partial charge >= 0.3 is 5.69 Å². The number of rotatable bonds is 8. The first-order valence-corrected chi connectivity index (χ1v) is 10.5. The van der Waals surface area contributed by atoms with Crippen molar-refractivity contribution in [2.75, 3.05) is 10.6 Å². The molecule has 0 saturated carbocycles. The molecular formula is C23H25N5O4. The molecule has 9 nitrogen and oxygen atoms in total. The van der Waals surface area contributed by atoms with Gasteiger partial charge in [0.25, 0.3) is 5.56 Å². The number of aromatic nitrogens is 3. The van der Waals surface area contributed by atoms with Gasteiger partial charge in [-0.15, -0.1) is 0 Å². The molecule has 4 aromatic rings. The first-order chi connectivity index (χ1) is 15.5. The van der Waals surface area contributed by atoms with Gasteiger partial charge in [0.1, 0.15) is 11.6 Å². The number of hydrogen-bond acceptors (Lipinski definition) is 5. The molecule has 4 N–H and O–H groups in total. The Kier molecular flexibility index (Phi) is 5.98. The molecule has 1 amide bonds. The molecule has 0 unspecified atom stereocenters. The largest absolute Gasteiger partial charge is 0.467 e. The summed E-state index contributed by atoms with van der Waals surface area (Å²) in [6, 6.07) is 11.1. The normalized spacial score (nSPS) is 11.2. The number of aromatic amines is 2. The van der Waals surface area contributed by atoms with Crippen molar-refractivity contribution in [1.82, 2.24) is 14.5 Å². The molecule has 0 spiro atoms. The van der Waals surface area contributed by atoms with Gasteiger partial charge in [0.15, 0.2) is 5.69 Å². The number of carbonyl (C=O) groups excluding carboxylic acids is 1. The van der Waals surface area contributed by atoms with Crippen molar-refractivity contribution in [2.24, 2.45) is 0 Å². The number of unbranched alkanes of at least 4 members (excludes halogenated alkanes) is 1. The molecule has 0 aliphatic carbocycles. The number of nitrogens with two attached hydrogens (primary N) is 1. The van der Waals surface area contributed by atoms with Crippen LogP contribution in [0.1, 0.15) is 31.1 Å². The fraction of sp³-hybridized carbons (Fsp3) is 0.261. The van der Waals surface area contributed by atoms with Crippen molar-refractivity contribution >= 4 is 28.3 Å². The summed E-state index contributed by atoms with van der Waals surface area (Å²) in [6.45, 7) is 2.34. The standard InChI is InChI=1S/C23H25N5O4/c1-2-3-10-27-21(24)20(22(30)26-23(27)31)28(14-16-7-6-11-32-16)19(29)12-15-13-25-18-9-5-4-8-17(15)18/h4-9,11,13,25H,2-3,10,12,14,24H2,1H3,(H,26,30,31). The number of nitrogens with one attached hydrogen (secondary N) is 2. The van der Waals surface area contributed by atoms with E-state index in [1.54, 1.807) is 18.3 Å². The van der Waals surface area contributed by atoms with Crippen LogP contribution >= 0.6 is 0 Å². The molecule has 0 atom stereocenters. The van der Waals surface area contributed by atoms with Crippen LogP contribution in [-0.2, 0) is 24.3 Å². The molecule has 0 radical (unpaired) electrons. The second-order valence-electron chi connectivity index (χ2n) is 7.59. The number of hydrogen-bond donors (Lipinski definition) is 3. The average Bonchev–Trinajstić information content (AvgIpc) is 3.43. The summed E-state index contributed by atoms with van der Waals surface area (Å²) in [4.78, 5) is 45.3. The Morgan fingerprint density at radius 1 is 1.19 bits per heavy atom. The Morgan fingerprint density at radius 3 is 2.75 bits per heavy atom. The average molecular weight is 435 g/mol. The Balaban J connectivity index is 1.76. The van der Waals surface area contributed by atoms with E-state index in [-0.39, 0.29) is 30.4 Å². The van der Waals surface area contributed by atoms with Gasteiger partial charge in [-0.3, -0.25) is 24.0 Å². The van der Waals surface area contributed by atoms with E-state index in [0.29, 0.717) is 18.7 Å². The van der Waals surface area contributed by atoms with Crippen LogP contribution in [0.15, 0.2) is 62.9 Å². The van der Waals surface area contributed by atoms with Crippen LogP contribution in [0, 0.1) is 0 Å². The number of anilines is 2. The maximum atomic E-state index is 13.5. The van der Waals surface area contributed by atoms with E-state index in [0.717, 1.165) is 22.9 Å². The lowest BCUT2D eigenvalue weighted by atomic mass is 10.1. The van der Waals surface area contributed by atoms with Crippen LogP contribution in [0.25, 0.3) is 10.9 Å². The van der Waals surface area contributed by atoms with Crippen LogP contribution in [0.2, 0.25) is 0 Å². The highest BCUT2D eigenvalue weighted by atomic mass is 16.3. The summed E-state index contributed by atoms with van der Waals surface area (Å²) >= 11 is 0. The third-order valence-corrected chi connectivity index (χ3v) is 5.43. The zero-order valence-electron chi connectivity index (χ0n) is 17.8. The zero-order valence-corrected chi connectivity index (χ0v) is 17.8. The molecule has 0 saturated heterocycles. The van der Waals surface area contributed by atoms with Crippen molar-refractivity contribution in [3.05, 3.63) is 81.0 Å². The molecule has 3 heterocycles. The molecule has 4 rings (SSSR count). The summed E-state index contributed by atoms with van der Waals surface area (Å²) in [5.41, 5.74) is 6.63. The van der Waals surface area contributed by atoms with Crippen molar-refractivity contribution in [1.29, 1.82) is 0 Å². The lowest BCUT2D eigenvalue weighted by Crippen LogP contribution is -2.41. The predicted octanol–water partition coefficient (Wildman–Crippen LogP) is 2.77. The number of para-hydroxylation sites is 1.